The zero-order chi connectivity index (χ0) is 15.9. The van der Waals surface area contributed by atoms with Gasteiger partial charge in [-0.25, -0.2) is 0 Å². The van der Waals surface area contributed by atoms with Gasteiger partial charge in [-0.05, 0) is 30.9 Å². The van der Waals surface area contributed by atoms with E-state index in [1.165, 1.54) is 0 Å². The van der Waals surface area contributed by atoms with E-state index in [0.29, 0.717) is 31.4 Å². The van der Waals surface area contributed by atoms with Gasteiger partial charge in [0.1, 0.15) is 0 Å². The van der Waals surface area contributed by atoms with Crippen molar-refractivity contribution in [3.05, 3.63) is 29.8 Å². The SMILES string of the molecule is CCC(CC)(CNC(=O)CCc1ccccc1N)C(=O)O. The predicted molar refractivity (Wildman–Crippen MR) is 82.8 cm³/mol. The Labute approximate surface area is 125 Å². The van der Waals surface area contributed by atoms with E-state index in [4.69, 9.17) is 5.73 Å². The Bertz CT molecular complexity index is 496. The summed E-state index contributed by atoms with van der Waals surface area (Å²) in [7, 11) is 0. The van der Waals surface area contributed by atoms with Crippen molar-refractivity contribution in [2.24, 2.45) is 5.41 Å². The van der Waals surface area contributed by atoms with Crippen molar-refractivity contribution in [3.63, 3.8) is 0 Å². The van der Waals surface area contributed by atoms with Gasteiger partial charge < -0.3 is 16.2 Å². The van der Waals surface area contributed by atoms with Crippen molar-refractivity contribution in [2.45, 2.75) is 39.5 Å². The lowest BCUT2D eigenvalue weighted by atomic mass is 9.82. The summed E-state index contributed by atoms with van der Waals surface area (Å²) in [5.74, 6) is -1.01. The first-order chi connectivity index (χ1) is 9.95. The Hall–Kier alpha value is -2.04. The summed E-state index contributed by atoms with van der Waals surface area (Å²) in [5.41, 5.74) is 6.56. The van der Waals surface area contributed by atoms with Crippen LogP contribution in [-0.4, -0.2) is 23.5 Å². The second-order valence-corrected chi connectivity index (χ2v) is 5.27. The largest absolute Gasteiger partial charge is 0.481 e. The van der Waals surface area contributed by atoms with Gasteiger partial charge >= 0.3 is 5.97 Å². The number of nitrogens with two attached hydrogens (primary N) is 1. The molecule has 4 N–H and O–H groups in total. The number of nitrogen functional groups attached to an aromatic ring is 1. The van der Waals surface area contributed by atoms with Gasteiger partial charge in [0, 0.05) is 18.7 Å². The van der Waals surface area contributed by atoms with Gasteiger partial charge in [-0.15, -0.1) is 0 Å². The van der Waals surface area contributed by atoms with E-state index in [1.54, 1.807) is 6.07 Å². The monoisotopic (exact) mass is 292 g/mol. The molecule has 0 saturated carbocycles. The van der Waals surface area contributed by atoms with Gasteiger partial charge in [0.15, 0.2) is 0 Å². The topological polar surface area (TPSA) is 92.4 Å². The highest BCUT2D eigenvalue weighted by molar-refractivity contribution is 5.79. The summed E-state index contributed by atoms with van der Waals surface area (Å²) in [6, 6.07) is 7.43. The lowest BCUT2D eigenvalue weighted by Gasteiger charge is -2.26. The summed E-state index contributed by atoms with van der Waals surface area (Å²) in [6.45, 7) is 3.82. The number of carbonyl (C=O) groups is 2. The molecule has 21 heavy (non-hydrogen) atoms. The number of hydrogen-bond donors (Lipinski definition) is 3. The second-order valence-electron chi connectivity index (χ2n) is 5.27. The van der Waals surface area contributed by atoms with Gasteiger partial charge in [0.2, 0.25) is 5.91 Å². The fraction of sp³-hybridized carbons (Fsp3) is 0.500. The fourth-order valence-electron chi connectivity index (χ4n) is 2.24. The minimum absolute atomic E-state index is 0.147. The molecule has 0 heterocycles. The number of hydrogen-bond acceptors (Lipinski definition) is 3. The van der Waals surface area contributed by atoms with Gasteiger partial charge in [-0.2, -0.15) is 0 Å². The minimum atomic E-state index is -0.874. The molecule has 0 atom stereocenters. The van der Waals surface area contributed by atoms with Crippen LogP contribution in [0, 0.1) is 5.41 Å². The fourth-order valence-corrected chi connectivity index (χ4v) is 2.24. The molecule has 116 valence electrons. The van der Waals surface area contributed by atoms with Crippen molar-refractivity contribution in [2.75, 3.05) is 12.3 Å². The molecule has 1 amide bonds. The summed E-state index contributed by atoms with van der Waals surface area (Å²) >= 11 is 0. The molecule has 5 heteroatoms. The molecule has 0 aliphatic heterocycles. The predicted octanol–water partition coefficient (Wildman–Crippen LogP) is 2.21. The van der Waals surface area contributed by atoms with Gasteiger partial charge in [-0.1, -0.05) is 32.0 Å². The van der Waals surface area contributed by atoms with Crippen LogP contribution in [0.1, 0.15) is 38.7 Å². The number of aryl methyl sites for hydroxylation is 1. The number of amides is 1. The number of carboxylic acids is 1. The summed E-state index contributed by atoms with van der Waals surface area (Å²) in [4.78, 5) is 23.2. The van der Waals surface area contributed by atoms with E-state index in [1.807, 2.05) is 32.0 Å². The van der Waals surface area contributed by atoms with E-state index in [-0.39, 0.29) is 12.5 Å². The van der Waals surface area contributed by atoms with Gasteiger partial charge in [0.25, 0.3) is 0 Å². The van der Waals surface area contributed by atoms with Crippen LogP contribution in [0.15, 0.2) is 24.3 Å². The highest BCUT2D eigenvalue weighted by Crippen LogP contribution is 2.25. The van der Waals surface area contributed by atoms with E-state index in [2.05, 4.69) is 5.32 Å². The van der Waals surface area contributed by atoms with Crippen molar-refractivity contribution in [1.29, 1.82) is 0 Å². The van der Waals surface area contributed by atoms with E-state index in [0.717, 1.165) is 5.56 Å². The zero-order valence-electron chi connectivity index (χ0n) is 12.7. The molecule has 0 unspecified atom stereocenters. The summed E-state index contributed by atoms with van der Waals surface area (Å²) in [5, 5.41) is 12.0. The molecular formula is C16H24N2O3. The number of carbonyl (C=O) groups excluding carboxylic acids is 1. The third kappa shape index (κ3) is 4.48. The lowest BCUT2D eigenvalue weighted by Crippen LogP contribution is -2.42. The minimum Gasteiger partial charge on any atom is -0.481 e. The second kappa shape index (κ2) is 7.67. The lowest BCUT2D eigenvalue weighted by molar-refractivity contribution is -0.149. The maximum atomic E-state index is 11.9. The number of carboxylic acid groups (broad SMARTS) is 1. The maximum absolute atomic E-state index is 11.9. The number of benzene rings is 1. The maximum Gasteiger partial charge on any atom is 0.311 e. The molecule has 0 bridgehead atoms. The molecule has 0 aliphatic rings. The first kappa shape index (κ1) is 17.0. The third-order valence-corrected chi connectivity index (χ3v) is 4.11. The van der Waals surface area contributed by atoms with E-state index < -0.39 is 11.4 Å². The smallest absolute Gasteiger partial charge is 0.311 e. The Morgan fingerprint density at radius 1 is 1.24 bits per heavy atom. The normalized spacial score (nSPS) is 11.1. The molecule has 1 rings (SSSR count). The first-order valence-corrected chi connectivity index (χ1v) is 7.28. The van der Waals surface area contributed by atoms with E-state index >= 15 is 0 Å². The third-order valence-electron chi connectivity index (χ3n) is 4.11. The standard InChI is InChI=1S/C16H24N2O3/c1-3-16(4-2,15(20)21)11-18-14(19)10-9-12-7-5-6-8-13(12)17/h5-8H,3-4,9-11,17H2,1-2H3,(H,18,19)(H,20,21). The van der Waals surface area contributed by atoms with Crippen LogP contribution >= 0.6 is 0 Å². The Kier molecular flexibility index (Phi) is 6.21. The Morgan fingerprint density at radius 2 is 1.86 bits per heavy atom. The van der Waals surface area contributed by atoms with Crippen molar-refractivity contribution >= 4 is 17.6 Å². The molecule has 1 aromatic carbocycles. The van der Waals surface area contributed by atoms with Crippen molar-refractivity contribution in [3.8, 4) is 0 Å². The van der Waals surface area contributed by atoms with E-state index in [9.17, 15) is 14.7 Å². The number of para-hydroxylation sites is 1. The van der Waals surface area contributed by atoms with Crippen molar-refractivity contribution < 1.29 is 14.7 Å². The van der Waals surface area contributed by atoms with Crippen LogP contribution in [0.4, 0.5) is 5.69 Å². The molecule has 0 aromatic heterocycles. The average Bonchev–Trinajstić information content (AvgIpc) is 2.47. The Balaban J connectivity index is 2.51. The highest BCUT2D eigenvalue weighted by Gasteiger charge is 2.34. The molecule has 0 radical (unpaired) electrons. The highest BCUT2D eigenvalue weighted by atomic mass is 16.4. The van der Waals surface area contributed by atoms with Crippen LogP contribution in [0.2, 0.25) is 0 Å². The van der Waals surface area contributed by atoms with Gasteiger partial charge in [-0.3, -0.25) is 9.59 Å². The molecule has 0 spiro atoms. The van der Waals surface area contributed by atoms with Crippen LogP contribution in [0.3, 0.4) is 0 Å². The number of nitrogens with one attached hydrogen (secondary N) is 1. The number of rotatable bonds is 8. The van der Waals surface area contributed by atoms with Crippen LogP contribution < -0.4 is 11.1 Å². The average molecular weight is 292 g/mol. The Morgan fingerprint density at radius 3 is 2.38 bits per heavy atom. The van der Waals surface area contributed by atoms with Crippen LogP contribution in [-0.2, 0) is 16.0 Å². The van der Waals surface area contributed by atoms with Crippen LogP contribution in [0.25, 0.3) is 0 Å². The molecule has 0 aliphatic carbocycles. The van der Waals surface area contributed by atoms with Crippen LogP contribution in [0.5, 0.6) is 0 Å². The van der Waals surface area contributed by atoms with Crippen molar-refractivity contribution in [1.82, 2.24) is 5.32 Å². The zero-order valence-corrected chi connectivity index (χ0v) is 12.7. The molecule has 0 fully saturated rings. The molecule has 5 nitrogen and oxygen atoms in total. The molecule has 1 aromatic rings. The summed E-state index contributed by atoms with van der Waals surface area (Å²) < 4.78 is 0. The number of anilines is 1. The molecule has 0 saturated heterocycles. The quantitative estimate of drug-likeness (QED) is 0.640. The summed E-state index contributed by atoms with van der Waals surface area (Å²) in [6.07, 6.45) is 1.84. The first-order valence-electron chi connectivity index (χ1n) is 7.28. The molecular weight excluding hydrogens is 268 g/mol. The van der Waals surface area contributed by atoms with Gasteiger partial charge in [0.05, 0.1) is 5.41 Å². The number of aliphatic carboxylic acids is 1.